The minimum absolute atomic E-state index is 0.0583. The summed E-state index contributed by atoms with van der Waals surface area (Å²) in [6, 6.07) is 1.79. The Balaban J connectivity index is 1.70. The van der Waals surface area contributed by atoms with E-state index in [-0.39, 0.29) is 18.3 Å². The van der Waals surface area contributed by atoms with E-state index in [4.69, 9.17) is 4.74 Å². The smallest absolute Gasteiger partial charge is 0.248 e. The van der Waals surface area contributed by atoms with Gasteiger partial charge in [-0.05, 0) is 28.8 Å². The normalized spacial score (nSPS) is 20.6. The molecule has 0 N–H and O–H groups in total. The first-order valence-electron chi connectivity index (χ1n) is 6.87. The Bertz CT molecular complexity index is 649. The topological polar surface area (TPSA) is 39.4 Å². The lowest BCUT2D eigenvalue weighted by Crippen LogP contribution is -2.35. The van der Waals surface area contributed by atoms with Gasteiger partial charge in [-0.2, -0.15) is 0 Å². The lowest BCUT2D eigenvalue weighted by atomic mass is 9.75. The van der Waals surface area contributed by atoms with Crippen molar-refractivity contribution in [3.05, 3.63) is 23.1 Å². The van der Waals surface area contributed by atoms with Crippen LogP contribution in [-0.4, -0.2) is 27.1 Å². The Labute approximate surface area is 129 Å². The van der Waals surface area contributed by atoms with E-state index in [1.807, 2.05) is 13.1 Å². The number of rotatable bonds is 3. The highest BCUT2D eigenvalue weighted by molar-refractivity contribution is 9.10. The van der Waals surface area contributed by atoms with Crippen LogP contribution in [0.1, 0.15) is 32.6 Å². The Morgan fingerprint density at radius 1 is 1.33 bits per heavy atom. The van der Waals surface area contributed by atoms with E-state index < -0.39 is 5.92 Å². The monoisotopic (exact) mass is 359 g/mol. The van der Waals surface area contributed by atoms with Crippen LogP contribution < -0.4 is 4.74 Å². The maximum atomic E-state index is 13.2. The molecule has 0 bridgehead atoms. The third-order valence-corrected chi connectivity index (χ3v) is 4.71. The Morgan fingerprint density at radius 3 is 2.76 bits per heavy atom. The second-order valence-electron chi connectivity index (χ2n) is 6.04. The molecule has 0 saturated heterocycles. The Morgan fingerprint density at radius 2 is 2.05 bits per heavy atom. The molecule has 1 saturated carbocycles. The third kappa shape index (κ3) is 3.17. The van der Waals surface area contributed by atoms with Gasteiger partial charge < -0.3 is 4.74 Å². The molecule has 3 rings (SSSR count). The van der Waals surface area contributed by atoms with Crippen LogP contribution in [0.5, 0.6) is 5.75 Å². The molecular formula is C14H16BrF2N3O. The average Bonchev–Trinajstić information content (AvgIpc) is 2.87. The summed E-state index contributed by atoms with van der Waals surface area (Å²) in [5.74, 6) is -1.85. The van der Waals surface area contributed by atoms with Crippen LogP contribution >= 0.6 is 15.9 Å². The molecule has 2 heterocycles. The van der Waals surface area contributed by atoms with Crippen molar-refractivity contribution in [3.63, 3.8) is 0 Å². The highest BCUT2D eigenvalue weighted by atomic mass is 79.9. The van der Waals surface area contributed by atoms with E-state index in [9.17, 15) is 8.78 Å². The minimum atomic E-state index is -2.51. The van der Waals surface area contributed by atoms with Crippen LogP contribution in [0.3, 0.4) is 0 Å². The first kappa shape index (κ1) is 14.7. The molecule has 0 radical (unpaired) electrons. The number of hydrogen-bond donors (Lipinski definition) is 0. The molecule has 1 aliphatic carbocycles. The van der Waals surface area contributed by atoms with Crippen molar-refractivity contribution in [2.24, 2.45) is 5.41 Å². The van der Waals surface area contributed by atoms with E-state index in [1.165, 1.54) is 0 Å². The lowest BCUT2D eigenvalue weighted by Gasteiger charge is -2.36. The lowest BCUT2D eigenvalue weighted by molar-refractivity contribution is -0.0712. The highest BCUT2D eigenvalue weighted by Gasteiger charge is 2.41. The summed E-state index contributed by atoms with van der Waals surface area (Å²) in [6.45, 7) is 2.43. The SMILES string of the molecule is CC1(COc2cc3nncn3cc2Br)CCC(F)(F)CC1. The van der Waals surface area contributed by atoms with Crippen LogP contribution in [0.4, 0.5) is 8.78 Å². The molecule has 0 unspecified atom stereocenters. The molecule has 1 fully saturated rings. The predicted octanol–water partition coefficient (Wildman–Crippen LogP) is 4.09. The first-order valence-corrected chi connectivity index (χ1v) is 7.66. The second kappa shape index (κ2) is 5.19. The average molecular weight is 360 g/mol. The number of ether oxygens (including phenoxy) is 1. The van der Waals surface area contributed by atoms with E-state index in [1.54, 1.807) is 16.8 Å². The van der Waals surface area contributed by atoms with E-state index in [0.717, 1.165) is 4.47 Å². The van der Waals surface area contributed by atoms with Gasteiger partial charge in [0.2, 0.25) is 5.92 Å². The molecule has 1 aliphatic rings. The van der Waals surface area contributed by atoms with E-state index in [2.05, 4.69) is 26.1 Å². The second-order valence-corrected chi connectivity index (χ2v) is 6.89. The van der Waals surface area contributed by atoms with Crippen molar-refractivity contribution >= 4 is 21.6 Å². The largest absolute Gasteiger partial charge is 0.492 e. The summed E-state index contributed by atoms with van der Waals surface area (Å²) < 4.78 is 34.9. The maximum absolute atomic E-state index is 13.2. The molecule has 114 valence electrons. The van der Waals surface area contributed by atoms with Crippen molar-refractivity contribution in [2.75, 3.05) is 6.61 Å². The van der Waals surface area contributed by atoms with Gasteiger partial charge >= 0.3 is 0 Å². The van der Waals surface area contributed by atoms with Gasteiger partial charge in [0.1, 0.15) is 12.1 Å². The van der Waals surface area contributed by atoms with Gasteiger partial charge in [-0.1, -0.05) is 6.92 Å². The van der Waals surface area contributed by atoms with Crippen molar-refractivity contribution in [2.45, 2.75) is 38.5 Å². The molecule has 7 heteroatoms. The molecular weight excluding hydrogens is 344 g/mol. The summed E-state index contributed by atoms with van der Waals surface area (Å²) in [4.78, 5) is 0. The summed E-state index contributed by atoms with van der Waals surface area (Å²) >= 11 is 3.44. The predicted molar refractivity (Wildman–Crippen MR) is 77.7 cm³/mol. The quantitative estimate of drug-likeness (QED) is 0.828. The number of pyridine rings is 1. The number of nitrogens with zero attached hydrogens (tertiary/aromatic N) is 3. The van der Waals surface area contributed by atoms with Crippen molar-refractivity contribution in [3.8, 4) is 5.75 Å². The summed E-state index contributed by atoms with van der Waals surface area (Å²) in [5.41, 5.74) is 0.481. The minimum Gasteiger partial charge on any atom is -0.492 e. The number of hydrogen-bond acceptors (Lipinski definition) is 3. The molecule has 0 spiro atoms. The van der Waals surface area contributed by atoms with Crippen molar-refractivity contribution < 1.29 is 13.5 Å². The standard InChI is InChI=1S/C14H16BrF2N3O/c1-13(2-4-14(16,17)5-3-13)8-21-11-6-12-19-18-9-20(12)7-10(11)15/h6-7,9H,2-5,8H2,1H3. The van der Waals surface area contributed by atoms with Gasteiger partial charge in [-0.25, -0.2) is 8.78 Å². The van der Waals surface area contributed by atoms with Crippen LogP contribution in [0.25, 0.3) is 5.65 Å². The molecule has 21 heavy (non-hydrogen) atoms. The zero-order chi connectivity index (χ0) is 15.1. The Hall–Kier alpha value is -1.24. The molecule has 0 atom stereocenters. The number of alkyl halides is 2. The number of fused-ring (bicyclic) bond motifs is 1. The molecule has 2 aromatic rings. The van der Waals surface area contributed by atoms with Gasteiger partial charge in [0.15, 0.2) is 5.65 Å². The van der Waals surface area contributed by atoms with Gasteiger partial charge in [0.05, 0.1) is 11.1 Å². The van der Waals surface area contributed by atoms with Gasteiger partial charge in [-0.15, -0.1) is 10.2 Å². The van der Waals surface area contributed by atoms with Crippen LogP contribution in [0.15, 0.2) is 23.1 Å². The van der Waals surface area contributed by atoms with Crippen LogP contribution in [0, 0.1) is 5.41 Å². The molecule has 0 amide bonds. The third-order valence-electron chi connectivity index (χ3n) is 4.11. The number of halogens is 3. The van der Waals surface area contributed by atoms with Crippen molar-refractivity contribution in [1.29, 1.82) is 0 Å². The van der Waals surface area contributed by atoms with Gasteiger partial charge in [0.25, 0.3) is 0 Å². The molecule has 2 aromatic heterocycles. The summed E-state index contributed by atoms with van der Waals surface area (Å²) in [6.07, 6.45) is 4.26. The van der Waals surface area contributed by atoms with E-state index >= 15 is 0 Å². The molecule has 0 aliphatic heterocycles. The maximum Gasteiger partial charge on any atom is 0.248 e. The molecule has 4 nitrogen and oxygen atoms in total. The fourth-order valence-electron chi connectivity index (χ4n) is 2.55. The van der Waals surface area contributed by atoms with Crippen LogP contribution in [-0.2, 0) is 0 Å². The summed E-state index contributed by atoms with van der Waals surface area (Å²) in [5, 5.41) is 7.78. The fraction of sp³-hybridized carbons (Fsp3) is 0.571. The fourth-order valence-corrected chi connectivity index (χ4v) is 3.00. The summed E-state index contributed by atoms with van der Waals surface area (Å²) in [7, 11) is 0. The first-order chi connectivity index (χ1) is 9.87. The molecule has 0 aromatic carbocycles. The highest BCUT2D eigenvalue weighted by Crippen LogP contribution is 2.43. The zero-order valence-electron chi connectivity index (χ0n) is 11.7. The van der Waals surface area contributed by atoms with Gasteiger partial charge in [-0.3, -0.25) is 4.40 Å². The Kier molecular flexibility index (Phi) is 3.63. The van der Waals surface area contributed by atoms with Crippen LogP contribution in [0.2, 0.25) is 0 Å². The number of aromatic nitrogens is 3. The van der Waals surface area contributed by atoms with Gasteiger partial charge in [0, 0.05) is 30.5 Å². The van der Waals surface area contributed by atoms with Crippen molar-refractivity contribution in [1.82, 2.24) is 14.6 Å². The zero-order valence-corrected chi connectivity index (χ0v) is 13.2. The van der Waals surface area contributed by atoms with E-state index in [0.29, 0.717) is 30.8 Å².